The second-order valence-corrected chi connectivity index (χ2v) is 4.25. The quantitative estimate of drug-likeness (QED) is 0.875. The molecule has 1 saturated heterocycles. The fourth-order valence-electron chi connectivity index (χ4n) is 1.82. The molecule has 0 bridgehead atoms. The van der Waals surface area contributed by atoms with Gasteiger partial charge in [-0.1, -0.05) is 0 Å². The monoisotopic (exact) mass is 277 g/mol. The largest absolute Gasteiger partial charge is 0.478 e. The van der Waals surface area contributed by atoms with E-state index in [0.717, 1.165) is 10.9 Å². The summed E-state index contributed by atoms with van der Waals surface area (Å²) < 4.78 is 38.8. The van der Waals surface area contributed by atoms with Gasteiger partial charge in [-0.15, -0.1) is 0 Å². The van der Waals surface area contributed by atoms with E-state index in [1.54, 1.807) is 0 Å². The van der Waals surface area contributed by atoms with Crippen molar-refractivity contribution in [2.45, 2.75) is 19.1 Å². The predicted molar refractivity (Wildman–Crippen MR) is 55.5 cm³/mol. The maximum absolute atomic E-state index is 12.6. The van der Waals surface area contributed by atoms with Crippen LogP contribution in [0.1, 0.15) is 29.0 Å². The third-order valence-electron chi connectivity index (χ3n) is 2.91. The summed E-state index contributed by atoms with van der Waals surface area (Å²) in [5.74, 6) is -1.86. The van der Waals surface area contributed by atoms with E-state index >= 15 is 0 Å². The Morgan fingerprint density at radius 3 is 2.37 bits per heavy atom. The number of alkyl halides is 3. The Hall–Kier alpha value is -2.06. The van der Waals surface area contributed by atoms with Crippen LogP contribution in [-0.2, 0) is 11.0 Å². The van der Waals surface area contributed by atoms with Gasteiger partial charge in [0.2, 0.25) is 5.91 Å². The minimum atomic E-state index is -4.82. The molecule has 1 aliphatic rings. The van der Waals surface area contributed by atoms with Crippen LogP contribution in [0.15, 0.2) is 6.20 Å². The molecule has 0 unspecified atom stereocenters. The number of halogens is 3. The van der Waals surface area contributed by atoms with Crippen LogP contribution in [0.4, 0.5) is 13.2 Å². The Morgan fingerprint density at radius 1 is 1.42 bits per heavy atom. The van der Waals surface area contributed by atoms with Crippen LogP contribution in [0, 0.1) is 0 Å². The molecule has 1 fully saturated rings. The van der Waals surface area contributed by atoms with Crippen LogP contribution in [0.2, 0.25) is 0 Å². The molecule has 0 aromatic carbocycles. The second-order valence-electron chi connectivity index (χ2n) is 4.25. The van der Waals surface area contributed by atoms with Crippen LogP contribution in [0.25, 0.3) is 0 Å². The highest BCUT2D eigenvalue weighted by atomic mass is 19.4. The van der Waals surface area contributed by atoms with Crippen molar-refractivity contribution in [2.24, 2.45) is 0 Å². The first-order chi connectivity index (χ1) is 8.70. The van der Waals surface area contributed by atoms with Gasteiger partial charge in [0.1, 0.15) is 5.56 Å². The molecule has 0 saturated carbocycles. The van der Waals surface area contributed by atoms with Crippen molar-refractivity contribution in [1.29, 1.82) is 0 Å². The summed E-state index contributed by atoms with van der Waals surface area (Å²) >= 11 is 0. The molecule has 0 radical (unpaired) electrons. The number of likely N-dealkylation sites (tertiary alicyclic amines) is 1. The van der Waals surface area contributed by atoms with Crippen molar-refractivity contribution < 1.29 is 27.9 Å². The van der Waals surface area contributed by atoms with Gasteiger partial charge in [-0.05, 0) is 0 Å². The summed E-state index contributed by atoms with van der Waals surface area (Å²) in [7, 11) is 0. The first-order valence-electron chi connectivity index (χ1n) is 5.35. The first kappa shape index (κ1) is 13.4. The van der Waals surface area contributed by atoms with E-state index in [9.17, 15) is 22.8 Å². The number of carboxylic acids is 1. The highest BCUT2D eigenvalue weighted by Gasteiger charge is 2.41. The minimum absolute atomic E-state index is 0.182. The van der Waals surface area contributed by atoms with E-state index < -0.39 is 29.4 Å². The van der Waals surface area contributed by atoms with Gasteiger partial charge in [0.25, 0.3) is 0 Å². The van der Waals surface area contributed by atoms with Crippen LogP contribution >= 0.6 is 0 Å². The predicted octanol–water partition coefficient (Wildman–Crippen LogP) is 1.00. The molecule has 19 heavy (non-hydrogen) atoms. The lowest BCUT2D eigenvalue weighted by atomic mass is 10.1. The second kappa shape index (κ2) is 4.25. The Bertz CT molecular complexity index is 532. The number of hydrogen-bond donors (Lipinski definition) is 1. The number of amides is 1. The maximum atomic E-state index is 12.6. The number of nitrogens with zero attached hydrogens (tertiary/aromatic N) is 3. The van der Waals surface area contributed by atoms with Crippen LogP contribution in [0.3, 0.4) is 0 Å². The molecule has 6 nitrogen and oxygen atoms in total. The molecule has 0 atom stereocenters. The number of carbonyl (C=O) groups is 2. The summed E-state index contributed by atoms with van der Waals surface area (Å²) in [6, 6.07) is -0.418. The van der Waals surface area contributed by atoms with Gasteiger partial charge in [0, 0.05) is 26.2 Å². The van der Waals surface area contributed by atoms with E-state index in [4.69, 9.17) is 5.11 Å². The zero-order chi connectivity index (χ0) is 14.4. The van der Waals surface area contributed by atoms with E-state index in [2.05, 4.69) is 5.10 Å². The number of carbonyl (C=O) groups excluding carboxylic acids is 1. The molecule has 2 heterocycles. The Balaban J connectivity index is 2.25. The highest BCUT2D eigenvalue weighted by Crippen LogP contribution is 2.32. The summed E-state index contributed by atoms with van der Waals surface area (Å²) in [6.07, 6.45) is -3.96. The molecule has 1 aliphatic heterocycles. The third kappa shape index (κ3) is 2.40. The number of aromatic carboxylic acids is 1. The number of aromatic nitrogens is 2. The van der Waals surface area contributed by atoms with E-state index in [0.29, 0.717) is 0 Å². The molecular formula is C10H10F3N3O3. The first-order valence-corrected chi connectivity index (χ1v) is 5.35. The number of carboxylic acid groups (broad SMARTS) is 1. The van der Waals surface area contributed by atoms with Crippen molar-refractivity contribution in [3.8, 4) is 0 Å². The molecule has 0 aliphatic carbocycles. The third-order valence-corrected chi connectivity index (χ3v) is 2.91. The Labute approximate surface area is 105 Å². The van der Waals surface area contributed by atoms with Crippen molar-refractivity contribution in [1.82, 2.24) is 14.7 Å². The molecule has 0 spiro atoms. The molecule has 1 aromatic rings. The van der Waals surface area contributed by atoms with Gasteiger partial charge in [-0.2, -0.15) is 18.3 Å². The molecule has 9 heteroatoms. The van der Waals surface area contributed by atoms with Crippen molar-refractivity contribution in [3.05, 3.63) is 17.5 Å². The smallest absolute Gasteiger partial charge is 0.436 e. The normalized spacial score (nSPS) is 16.3. The van der Waals surface area contributed by atoms with Crippen LogP contribution in [0.5, 0.6) is 0 Å². The molecule has 1 aromatic heterocycles. The molecule has 1 amide bonds. The van der Waals surface area contributed by atoms with Crippen molar-refractivity contribution >= 4 is 11.9 Å². The summed E-state index contributed by atoms with van der Waals surface area (Å²) in [5, 5.41) is 12.0. The van der Waals surface area contributed by atoms with Gasteiger partial charge in [-0.3, -0.25) is 9.48 Å². The lowest BCUT2D eigenvalue weighted by molar-refractivity contribution is -0.143. The van der Waals surface area contributed by atoms with Gasteiger partial charge < -0.3 is 10.0 Å². The Kier molecular flexibility index (Phi) is 2.99. The average Bonchev–Trinajstić information content (AvgIpc) is 2.58. The maximum Gasteiger partial charge on any atom is 0.436 e. The topological polar surface area (TPSA) is 75.4 Å². The molecule has 1 N–H and O–H groups in total. The minimum Gasteiger partial charge on any atom is -0.478 e. The summed E-state index contributed by atoms with van der Waals surface area (Å²) in [5.41, 5.74) is -2.30. The van der Waals surface area contributed by atoms with E-state index in [1.807, 2.05) is 0 Å². The fourth-order valence-corrected chi connectivity index (χ4v) is 1.82. The summed E-state index contributed by atoms with van der Waals surface area (Å²) in [4.78, 5) is 23.2. The zero-order valence-electron chi connectivity index (χ0n) is 9.81. The molecule has 104 valence electrons. The SMILES string of the molecule is CC(=O)N1CC(n2cc(C(=O)O)c(C(F)(F)F)n2)C1. The number of rotatable bonds is 2. The van der Waals surface area contributed by atoms with Gasteiger partial charge in [0.15, 0.2) is 5.69 Å². The fraction of sp³-hybridized carbons (Fsp3) is 0.500. The standard InChI is InChI=1S/C10H10F3N3O3/c1-5(17)15-2-6(3-15)16-4-7(9(18)19)8(14-16)10(11,12)13/h4,6H,2-3H2,1H3,(H,18,19). The lowest BCUT2D eigenvalue weighted by Crippen LogP contribution is -2.50. The van der Waals surface area contributed by atoms with Crippen molar-refractivity contribution in [2.75, 3.05) is 13.1 Å². The number of hydrogen-bond acceptors (Lipinski definition) is 3. The van der Waals surface area contributed by atoms with Crippen molar-refractivity contribution in [3.63, 3.8) is 0 Å². The summed E-state index contributed by atoms with van der Waals surface area (Å²) in [6.45, 7) is 1.81. The van der Waals surface area contributed by atoms with E-state index in [1.165, 1.54) is 11.8 Å². The molecular weight excluding hydrogens is 267 g/mol. The van der Waals surface area contributed by atoms with Crippen LogP contribution in [-0.4, -0.2) is 44.8 Å². The van der Waals surface area contributed by atoms with Gasteiger partial charge in [0.05, 0.1) is 6.04 Å². The van der Waals surface area contributed by atoms with Gasteiger partial charge >= 0.3 is 12.1 Å². The van der Waals surface area contributed by atoms with Gasteiger partial charge in [-0.25, -0.2) is 4.79 Å². The zero-order valence-corrected chi connectivity index (χ0v) is 9.81. The molecule has 2 rings (SSSR count). The van der Waals surface area contributed by atoms with E-state index in [-0.39, 0.29) is 19.0 Å². The Morgan fingerprint density at radius 2 is 2.00 bits per heavy atom. The average molecular weight is 277 g/mol. The van der Waals surface area contributed by atoms with Crippen LogP contribution < -0.4 is 0 Å². The lowest BCUT2D eigenvalue weighted by Gasteiger charge is -2.38. The highest BCUT2D eigenvalue weighted by molar-refractivity contribution is 5.88.